The minimum Gasteiger partial charge on any atom is -0.508 e. The number of hydrogen-bond acceptors (Lipinski definition) is 5. The molecule has 0 aliphatic carbocycles. The van der Waals surface area contributed by atoms with Gasteiger partial charge < -0.3 is 20.1 Å². The fraction of sp³-hybridized carbons (Fsp3) is 0.500. The number of hydrogen-bond donors (Lipinski definition) is 3. The SMILES string of the molecule is CCC[C@@H](O)C[C@@H]1Cc2cc(O)cc(O)c2C(=O)O1. The standard InChI is InChI=1S/C14H18O5/c1-2-3-9(15)6-11-5-8-4-10(16)7-12(17)13(8)14(18)19-11/h4,7,9,11,15-17H,2-3,5-6H2,1H3/t9-,11+/m1/s1. The Balaban J connectivity index is 2.17. The van der Waals surface area contributed by atoms with Gasteiger partial charge in [0, 0.05) is 18.9 Å². The number of esters is 1. The summed E-state index contributed by atoms with van der Waals surface area (Å²) in [5.41, 5.74) is 0.668. The third-order valence-corrected chi connectivity index (χ3v) is 3.27. The summed E-state index contributed by atoms with van der Waals surface area (Å²) < 4.78 is 5.21. The highest BCUT2D eigenvalue weighted by Gasteiger charge is 2.30. The molecular weight excluding hydrogens is 248 g/mol. The number of fused-ring (bicyclic) bond motifs is 1. The number of aliphatic hydroxyl groups excluding tert-OH is 1. The number of cyclic esters (lactones) is 1. The van der Waals surface area contributed by atoms with Crippen LogP contribution in [0.25, 0.3) is 0 Å². The molecule has 0 saturated carbocycles. The van der Waals surface area contributed by atoms with E-state index < -0.39 is 18.2 Å². The molecule has 0 bridgehead atoms. The molecule has 104 valence electrons. The maximum atomic E-state index is 11.8. The van der Waals surface area contributed by atoms with E-state index in [0.29, 0.717) is 24.8 Å². The van der Waals surface area contributed by atoms with E-state index in [0.717, 1.165) is 12.5 Å². The van der Waals surface area contributed by atoms with Gasteiger partial charge in [-0.15, -0.1) is 0 Å². The minimum atomic E-state index is -0.604. The van der Waals surface area contributed by atoms with Gasteiger partial charge in [0.15, 0.2) is 0 Å². The molecule has 1 heterocycles. The van der Waals surface area contributed by atoms with Crippen molar-refractivity contribution in [2.45, 2.75) is 44.8 Å². The summed E-state index contributed by atoms with van der Waals surface area (Å²) in [6.07, 6.45) is 1.36. The van der Waals surface area contributed by atoms with Crippen molar-refractivity contribution in [1.29, 1.82) is 0 Å². The molecule has 1 aliphatic heterocycles. The number of carbonyl (C=O) groups is 1. The summed E-state index contributed by atoms with van der Waals surface area (Å²) in [6.45, 7) is 1.97. The number of phenolic OH excluding ortho intramolecular Hbond substituents is 2. The Morgan fingerprint density at radius 2 is 2.16 bits per heavy atom. The van der Waals surface area contributed by atoms with Crippen molar-refractivity contribution in [3.05, 3.63) is 23.3 Å². The number of carbonyl (C=O) groups excluding carboxylic acids is 1. The Hall–Kier alpha value is -1.75. The molecule has 0 spiro atoms. The molecule has 5 heteroatoms. The average Bonchev–Trinajstić information content (AvgIpc) is 2.26. The highest BCUT2D eigenvalue weighted by molar-refractivity contribution is 5.95. The van der Waals surface area contributed by atoms with Gasteiger partial charge in [-0.2, -0.15) is 0 Å². The molecule has 19 heavy (non-hydrogen) atoms. The number of aromatic hydroxyl groups is 2. The molecule has 1 aromatic rings. The predicted molar refractivity (Wildman–Crippen MR) is 68.2 cm³/mol. The minimum absolute atomic E-state index is 0.0844. The molecule has 1 aromatic carbocycles. The van der Waals surface area contributed by atoms with E-state index in [1.807, 2.05) is 6.92 Å². The lowest BCUT2D eigenvalue weighted by atomic mass is 9.94. The van der Waals surface area contributed by atoms with Crippen LogP contribution in [-0.2, 0) is 11.2 Å². The Morgan fingerprint density at radius 3 is 2.84 bits per heavy atom. The molecule has 5 nitrogen and oxygen atoms in total. The van der Waals surface area contributed by atoms with Crippen molar-refractivity contribution >= 4 is 5.97 Å². The van der Waals surface area contributed by atoms with Gasteiger partial charge in [0.25, 0.3) is 0 Å². The van der Waals surface area contributed by atoms with Crippen LogP contribution in [0.3, 0.4) is 0 Å². The van der Waals surface area contributed by atoms with Gasteiger partial charge in [-0.1, -0.05) is 13.3 Å². The zero-order chi connectivity index (χ0) is 14.0. The summed E-state index contributed by atoms with van der Waals surface area (Å²) in [5, 5.41) is 28.9. The molecule has 3 N–H and O–H groups in total. The van der Waals surface area contributed by atoms with Gasteiger partial charge in [0.05, 0.1) is 6.10 Å². The fourth-order valence-electron chi connectivity index (χ4n) is 2.45. The fourth-order valence-corrected chi connectivity index (χ4v) is 2.45. The summed E-state index contributed by atoms with van der Waals surface area (Å²) in [4.78, 5) is 11.8. The summed E-state index contributed by atoms with van der Waals surface area (Å²) >= 11 is 0. The normalized spacial score (nSPS) is 19.7. The summed E-state index contributed by atoms with van der Waals surface area (Å²) in [5.74, 6) is -0.959. The van der Waals surface area contributed by atoms with Crippen LogP contribution in [-0.4, -0.2) is 33.5 Å². The van der Waals surface area contributed by atoms with E-state index >= 15 is 0 Å². The van der Waals surface area contributed by atoms with Crippen LogP contribution in [0, 0.1) is 0 Å². The first kappa shape index (κ1) is 13.7. The van der Waals surface area contributed by atoms with E-state index in [1.165, 1.54) is 6.07 Å². The molecule has 2 rings (SSSR count). The second-order valence-corrected chi connectivity index (χ2v) is 4.91. The third-order valence-electron chi connectivity index (χ3n) is 3.27. The Bertz CT molecular complexity index is 483. The van der Waals surface area contributed by atoms with Crippen molar-refractivity contribution in [2.75, 3.05) is 0 Å². The highest BCUT2D eigenvalue weighted by Crippen LogP contribution is 2.33. The Kier molecular flexibility index (Phi) is 3.95. The Labute approximate surface area is 111 Å². The summed E-state index contributed by atoms with van der Waals surface area (Å²) in [7, 11) is 0. The topological polar surface area (TPSA) is 87.0 Å². The first-order chi connectivity index (χ1) is 9.01. The molecule has 0 saturated heterocycles. The van der Waals surface area contributed by atoms with E-state index in [4.69, 9.17) is 4.74 Å². The number of phenols is 2. The molecule has 0 aromatic heterocycles. The predicted octanol–water partition coefficient (Wildman–Crippen LogP) is 1.73. The van der Waals surface area contributed by atoms with Gasteiger partial charge >= 0.3 is 5.97 Å². The van der Waals surface area contributed by atoms with Crippen molar-refractivity contribution in [3.63, 3.8) is 0 Å². The average molecular weight is 266 g/mol. The number of ether oxygens (including phenoxy) is 1. The molecule has 2 atom stereocenters. The number of aliphatic hydroxyl groups is 1. The molecule has 0 unspecified atom stereocenters. The maximum absolute atomic E-state index is 11.8. The van der Waals surface area contributed by atoms with Crippen molar-refractivity contribution in [1.82, 2.24) is 0 Å². The zero-order valence-electron chi connectivity index (χ0n) is 10.8. The molecule has 0 fully saturated rings. The van der Waals surface area contributed by atoms with Crippen molar-refractivity contribution in [3.8, 4) is 11.5 Å². The smallest absolute Gasteiger partial charge is 0.342 e. The molecule has 1 aliphatic rings. The molecule has 0 amide bonds. The lowest BCUT2D eigenvalue weighted by Gasteiger charge is -2.26. The van der Waals surface area contributed by atoms with Crippen LogP contribution in [0.2, 0.25) is 0 Å². The molecule has 0 radical (unpaired) electrons. The monoisotopic (exact) mass is 266 g/mol. The van der Waals surface area contributed by atoms with Gasteiger partial charge in [-0.25, -0.2) is 4.79 Å². The van der Waals surface area contributed by atoms with E-state index in [2.05, 4.69) is 0 Å². The van der Waals surface area contributed by atoms with Gasteiger partial charge in [0.2, 0.25) is 0 Å². The maximum Gasteiger partial charge on any atom is 0.342 e. The van der Waals surface area contributed by atoms with Crippen LogP contribution in [0.4, 0.5) is 0 Å². The zero-order valence-corrected chi connectivity index (χ0v) is 10.8. The first-order valence-electron chi connectivity index (χ1n) is 6.45. The summed E-state index contributed by atoms with van der Waals surface area (Å²) in [6, 6.07) is 2.57. The van der Waals surface area contributed by atoms with Gasteiger partial charge in [-0.3, -0.25) is 0 Å². The van der Waals surface area contributed by atoms with Crippen LogP contribution < -0.4 is 0 Å². The number of benzene rings is 1. The second kappa shape index (κ2) is 5.48. The van der Waals surface area contributed by atoms with Crippen molar-refractivity contribution in [2.24, 2.45) is 0 Å². The van der Waals surface area contributed by atoms with Crippen LogP contribution in [0.15, 0.2) is 12.1 Å². The quantitative estimate of drug-likeness (QED) is 0.722. The van der Waals surface area contributed by atoms with E-state index in [1.54, 1.807) is 0 Å². The number of rotatable bonds is 4. The third kappa shape index (κ3) is 2.98. The lowest BCUT2D eigenvalue weighted by Crippen LogP contribution is -2.31. The van der Waals surface area contributed by atoms with E-state index in [-0.39, 0.29) is 17.1 Å². The first-order valence-corrected chi connectivity index (χ1v) is 6.45. The lowest BCUT2D eigenvalue weighted by molar-refractivity contribution is 0.00881. The molecular formula is C14H18O5. The largest absolute Gasteiger partial charge is 0.508 e. The van der Waals surface area contributed by atoms with Crippen LogP contribution >= 0.6 is 0 Å². The Morgan fingerprint density at radius 1 is 1.42 bits per heavy atom. The van der Waals surface area contributed by atoms with E-state index in [9.17, 15) is 20.1 Å². The van der Waals surface area contributed by atoms with Gasteiger partial charge in [-0.05, 0) is 18.1 Å². The highest BCUT2D eigenvalue weighted by atomic mass is 16.5. The second-order valence-electron chi connectivity index (χ2n) is 4.91. The van der Waals surface area contributed by atoms with Crippen LogP contribution in [0.1, 0.15) is 42.1 Å². The van der Waals surface area contributed by atoms with Crippen molar-refractivity contribution < 1.29 is 24.9 Å². The van der Waals surface area contributed by atoms with Crippen LogP contribution in [0.5, 0.6) is 11.5 Å². The van der Waals surface area contributed by atoms with Gasteiger partial charge in [0.1, 0.15) is 23.2 Å².